The van der Waals surface area contributed by atoms with Crippen LogP contribution in [0.4, 0.5) is 0 Å². The third-order valence-corrected chi connectivity index (χ3v) is 3.72. The van der Waals surface area contributed by atoms with E-state index in [9.17, 15) is 4.79 Å². The van der Waals surface area contributed by atoms with E-state index in [1.807, 2.05) is 24.3 Å². The van der Waals surface area contributed by atoms with Gasteiger partial charge in [0.1, 0.15) is 0 Å². The van der Waals surface area contributed by atoms with Gasteiger partial charge < -0.3 is 4.74 Å². The van der Waals surface area contributed by atoms with E-state index < -0.39 is 0 Å². The summed E-state index contributed by atoms with van der Waals surface area (Å²) in [5.41, 5.74) is 2.13. The zero-order valence-corrected chi connectivity index (χ0v) is 13.0. The van der Waals surface area contributed by atoms with E-state index >= 15 is 0 Å². The molecule has 1 atom stereocenters. The number of esters is 1. The van der Waals surface area contributed by atoms with Gasteiger partial charge in [0.2, 0.25) is 0 Å². The van der Waals surface area contributed by atoms with Crippen LogP contribution in [0.25, 0.3) is 5.69 Å². The molecule has 112 valence electrons. The van der Waals surface area contributed by atoms with Crippen LogP contribution >= 0.6 is 12.6 Å². The molecular formula is C14H18N4O2S. The lowest BCUT2D eigenvalue weighted by molar-refractivity contribution is -0.140. The van der Waals surface area contributed by atoms with E-state index in [0.717, 1.165) is 12.1 Å². The molecule has 0 radical (unpaired) electrons. The van der Waals surface area contributed by atoms with Crippen LogP contribution < -0.4 is 0 Å². The van der Waals surface area contributed by atoms with Crippen molar-refractivity contribution >= 4 is 18.6 Å². The molecular weight excluding hydrogens is 288 g/mol. The molecule has 2 aromatic rings. The van der Waals surface area contributed by atoms with Crippen molar-refractivity contribution < 1.29 is 9.53 Å². The topological polar surface area (TPSA) is 69.9 Å². The first kappa shape index (κ1) is 15.5. The van der Waals surface area contributed by atoms with Crippen LogP contribution in [0.5, 0.6) is 0 Å². The number of aromatic nitrogens is 4. The number of rotatable bonds is 6. The van der Waals surface area contributed by atoms with Gasteiger partial charge in [-0.1, -0.05) is 19.1 Å². The summed E-state index contributed by atoms with van der Waals surface area (Å²) < 4.78 is 6.27. The average Bonchev–Trinajstić information content (AvgIpc) is 3.01. The SMILES string of the molecule is CCc1ccc(-n2nnnc2C(S)CCC(=O)OC)cc1. The van der Waals surface area contributed by atoms with Crippen molar-refractivity contribution in [1.29, 1.82) is 0 Å². The smallest absolute Gasteiger partial charge is 0.305 e. The predicted octanol–water partition coefficient (Wildman–Crippen LogP) is 2.15. The Hall–Kier alpha value is -1.89. The minimum atomic E-state index is -0.264. The highest BCUT2D eigenvalue weighted by atomic mass is 32.1. The molecule has 6 nitrogen and oxygen atoms in total. The molecule has 1 aromatic heterocycles. The quantitative estimate of drug-likeness (QED) is 0.654. The Morgan fingerprint density at radius 2 is 2.10 bits per heavy atom. The molecule has 7 heteroatoms. The minimum absolute atomic E-state index is 0.232. The van der Waals surface area contributed by atoms with Crippen molar-refractivity contribution in [3.8, 4) is 5.69 Å². The highest BCUT2D eigenvalue weighted by Crippen LogP contribution is 2.24. The fourth-order valence-corrected chi connectivity index (χ4v) is 2.23. The Labute approximate surface area is 128 Å². The van der Waals surface area contributed by atoms with Crippen LogP contribution in [0.15, 0.2) is 24.3 Å². The lowest BCUT2D eigenvalue weighted by Crippen LogP contribution is -2.08. The number of ether oxygens (including phenoxy) is 1. The second-order valence-corrected chi connectivity index (χ2v) is 5.22. The highest BCUT2D eigenvalue weighted by Gasteiger charge is 2.18. The monoisotopic (exact) mass is 306 g/mol. The number of tetrazole rings is 1. The largest absolute Gasteiger partial charge is 0.469 e. The molecule has 0 amide bonds. The second kappa shape index (κ2) is 7.21. The van der Waals surface area contributed by atoms with E-state index in [1.165, 1.54) is 12.7 Å². The molecule has 0 aliphatic rings. The fraction of sp³-hybridized carbons (Fsp3) is 0.429. The molecule has 0 saturated carbocycles. The number of hydrogen-bond donors (Lipinski definition) is 1. The van der Waals surface area contributed by atoms with Crippen molar-refractivity contribution in [3.63, 3.8) is 0 Å². The lowest BCUT2D eigenvalue weighted by Gasteiger charge is -2.10. The highest BCUT2D eigenvalue weighted by molar-refractivity contribution is 7.80. The number of benzene rings is 1. The van der Waals surface area contributed by atoms with Gasteiger partial charge in [-0.2, -0.15) is 17.3 Å². The van der Waals surface area contributed by atoms with Gasteiger partial charge in [-0.15, -0.1) is 5.10 Å². The Balaban J connectivity index is 2.15. The van der Waals surface area contributed by atoms with E-state index in [2.05, 4.69) is 39.8 Å². The summed E-state index contributed by atoms with van der Waals surface area (Å²) in [5.74, 6) is 0.354. The number of thiol groups is 1. The Morgan fingerprint density at radius 3 is 2.71 bits per heavy atom. The standard InChI is InChI=1S/C14H18N4O2S/c1-3-10-4-6-11(7-5-10)18-14(15-16-17-18)12(21)8-9-13(19)20-2/h4-7,12,21H,3,8-9H2,1-2H3. The lowest BCUT2D eigenvalue weighted by atomic mass is 10.1. The molecule has 1 aromatic carbocycles. The number of carbonyl (C=O) groups excluding carboxylic acids is 1. The summed E-state index contributed by atoms with van der Waals surface area (Å²) in [7, 11) is 1.37. The summed E-state index contributed by atoms with van der Waals surface area (Å²) in [5, 5.41) is 11.5. The molecule has 0 spiro atoms. The molecule has 0 saturated heterocycles. The summed E-state index contributed by atoms with van der Waals surface area (Å²) >= 11 is 4.49. The van der Waals surface area contributed by atoms with Gasteiger partial charge in [-0.25, -0.2) is 0 Å². The van der Waals surface area contributed by atoms with Gasteiger partial charge in [0.15, 0.2) is 5.82 Å². The summed E-state index contributed by atoms with van der Waals surface area (Å²) in [4.78, 5) is 11.2. The first-order valence-corrected chi connectivity index (χ1v) is 7.29. The third-order valence-electron chi connectivity index (χ3n) is 3.23. The molecule has 0 bridgehead atoms. The molecule has 2 rings (SSSR count). The van der Waals surface area contributed by atoms with Gasteiger partial charge in [0.25, 0.3) is 0 Å². The van der Waals surface area contributed by atoms with E-state index in [1.54, 1.807) is 4.68 Å². The number of hydrogen-bond acceptors (Lipinski definition) is 6. The fourth-order valence-electron chi connectivity index (χ4n) is 1.94. The van der Waals surface area contributed by atoms with Crippen LogP contribution in [-0.2, 0) is 16.0 Å². The van der Waals surface area contributed by atoms with Gasteiger partial charge >= 0.3 is 5.97 Å². The molecule has 0 fully saturated rings. The van der Waals surface area contributed by atoms with Crippen molar-refractivity contribution in [2.75, 3.05) is 7.11 Å². The number of methoxy groups -OCH3 is 1. The van der Waals surface area contributed by atoms with Gasteiger partial charge in [0, 0.05) is 6.42 Å². The Kier molecular flexibility index (Phi) is 5.32. The predicted molar refractivity (Wildman–Crippen MR) is 81.5 cm³/mol. The van der Waals surface area contributed by atoms with E-state index in [4.69, 9.17) is 0 Å². The maximum Gasteiger partial charge on any atom is 0.305 e. The van der Waals surface area contributed by atoms with Crippen molar-refractivity contribution in [2.45, 2.75) is 31.4 Å². The average molecular weight is 306 g/mol. The Morgan fingerprint density at radius 1 is 1.38 bits per heavy atom. The number of carbonyl (C=O) groups is 1. The number of nitrogens with zero attached hydrogens (tertiary/aromatic N) is 4. The van der Waals surface area contributed by atoms with Crippen molar-refractivity contribution in [1.82, 2.24) is 20.2 Å². The second-order valence-electron chi connectivity index (χ2n) is 4.60. The first-order chi connectivity index (χ1) is 10.2. The van der Waals surface area contributed by atoms with Gasteiger partial charge in [-0.3, -0.25) is 4.79 Å². The normalized spacial score (nSPS) is 12.1. The van der Waals surface area contributed by atoms with Crippen molar-refractivity contribution in [3.05, 3.63) is 35.7 Å². The molecule has 0 aliphatic heterocycles. The summed E-state index contributed by atoms with van der Waals surface area (Å²) in [6.45, 7) is 2.11. The zero-order valence-electron chi connectivity index (χ0n) is 12.1. The maximum absolute atomic E-state index is 11.2. The van der Waals surface area contributed by atoms with E-state index in [-0.39, 0.29) is 17.6 Å². The van der Waals surface area contributed by atoms with Crippen LogP contribution in [0, 0.1) is 0 Å². The summed E-state index contributed by atoms with van der Waals surface area (Å²) in [6, 6.07) is 8.03. The maximum atomic E-state index is 11.2. The minimum Gasteiger partial charge on any atom is -0.469 e. The Bertz CT molecular complexity index is 597. The third kappa shape index (κ3) is 3.81. The van der Waals surface area contributed by atoms with Crippen LogP contribution in [-0.4, -0.2) is 33.3 Å². The first-order valence-electron chi connectivity index (χ1n) is 6.78. The number of aryl methyl sites for hydroxylation is 1. The summed E-state index contributed by atoms with van der Waals surface area (Å²) in [6.07, 6.45) is 1.78. The molecule has 0 N–H and O–H groups in total. The molecule has 0 aliphatic carbocycles. The van der Waals surface area contributed by atoms with Crippen molar-refractivity contribution in [2.24, 2.45) is 0 Å². The zero-order chi connectivity index (χ0) is 15.2. The van der Waals surface area contributed by atoms with Crippen LogP contribution in [0.3, 0.4) is 0 Å². The van der Waals surface area contributed by atoms with Gasteiger partial charge in [0.05, 0.1) is 18.0 Å². The molecule has 21 heavy (non-hydrogen) atoms. The van der Waals surface area contributed by atoms with Crippen LogP contribution in [0.2, 0.25) is 0 Å². The molecule has 1 heterocycles. The van der Waals surface area contributed by atoms with Crippen LogP contribution in [0.1, 0.15) is 36.4 Å². The van der Waals surface area contributed by atoms with Gasteiger partial charge in [-0.05, 0) is 41.0 Å². The molecule has 1 unspecified atom stereocenters. The van der Waals surface area contributed by atoms with E-state index in [0.29, 0.717) is 12.2 Å².